The molecule has 0 spiro atoms. The second-order valence-corrected chi connectivity index (χ2v) is 5.29. The lowest BCUT2D eigenvalue weighted by Crippen LogP contribution is -1.96. The highest BCUT2D eigenvalue weighted by Gasteiger charge is 2.09. The van der Waals surface area contributed by atoms with Crippen LogP contribution >= 0.6 is 22.9 Å². The van der Waals surface area contributed by atoms with Crippen LogP contribution in [0.3, 0.4) is 0 Å². The number of thiophene rings is 1. The van der Waals surface area contributed by atoms with Gasteiger partial charge in [-0.05, 0) is 35.0 Å². The summed E-state index contributed by atoms with van der Waals surface area (Å²) in [5.74, 6) is 0.717. The predicted octanol–water partition coefficient (Wildman–Crippen LogP) is 4.08. The highest BCUT2D eigenvalue weighted by atomic mass is 35.5. The lowest BCUT2D eigenvalue weighted by molar-refractivity contribution is 0.421. The zero-order valence-corrected chi connectivity index (χ0v) is 11.1. The Kier molecular flexibility index (Phi) is 2.73. The standard InChI is InChI=1S/C14H9ClO2S/c1-17-12-6-8-2-3-9(15)7-11(8)13(16)10-4-5-18-14(10)12/h2-7H,1H3. The van der Waals surface area contributed by atoms with Gasteiger partial charge in [-0.2, -0.15) is 0 Å². The monoisotopic (exact) mass is 276 g/mol. The largest absolute Gasteiger partial charge is 0.495 e. The number of fused-ring (bicyclic) bond motifs is 2. The maximum absolute atomic E-state index is 12.5. The fraction of sp³-hybridized carbons (Fsp3) is 0.0714. The zero-order valence-electron chi connectivity index (χ0n) is 9.57. The van der Waals surface area contributed by atoms with Crippen LogP contribution in [0.2, 0.25) is 5.02 Å². The lowest BCUT2D eigenvalue weighted by atomic mass is 10.2. The summed E-state index contributed by atoms with van der Waals surface area (Å²) < 4.78 is 6.25. The summed E-state index contributed by atoms with van der Waals surface area (Å²) in [6, 6.07) is 9.02. The van der Waals surface area contributed by atoms with Crippen LogP contribution in [0.5, 0.6) is 5.75 Å². The van der Waals surface area contributed by atoms with Gasteiger partial charge in [0.05, 0.1) is 11.8 Å². The Hall–Kier alpha value is -1.58. The first kappa shape index (κ1) is 11.5. The van der Waals surface area contributed by atoms with Gasteiger partial charge in [-0.1, -0.05) is 17.7 Å². The number of rotatable bonds is 1. The van der Waals surface area contributed by atoms with Crippen molar-refractivity contribution in [2.24, 2.45) is 0 Å². The number of methoxy groups -OCH3 is 1. The predicted molar refractivity (Wildman–Crippen MR) is 77.2 cm³/mol. The van der Waals surface area contributed by atoms with Crippen molar-refractivity contribution in [2.45, 2.75) is 0 Å². The maximum Gasteiger partial charge on any atom is 0.195 e. The maximum atomic E-state index is 12.5. The Balaban J connectivity index is 2.65. The Morgan fingerprint density at radius 2 is 2.00 bits per heavy atom. The molecule has 2 aromatic carbocycles. The first-order valence-electron chi connectivity index (χ1n) is 5.38. The number of hydrogen-bond acceptors (Lipinski definition) is 3. The topological polar surface area (TPSA) is 26.3 Å². The van der Waals surface area contributed by atoms with Gasteiger partial charge in [0, 0.05) is 15.8 Å². The molecule has 0 atom stereocenters. The molecule has 90 valence electrons. The molecule has 3 aromatic rings. The van der Waals surface area contributed by atoms with Crippen LogP contribution in [-0.4, -0.2) is 7.11 Å². The van der Waals surface area contributed by atoms with Gasteiger partial charge in [-0.3, -0.25) is 4.79 Å². The molecule has 0 saturated heterocycles. The average Bonchev–Trinajstić information content (AvgIpc) is 2.81. The molecule has 0 aliphatic rings. The van der Waals surface area contributed by atoms with Crippen molar-refractivity contribution in [1.82, 2.24) is 0 Å². The number of hydrogen-bond donors (Lipinski definition) is 0. The van der Waals surface area contributed by atoms with Crippen molar-refractivity contribution in [2.75, 3.05) is 7.11 Å². The lowest BCUT2D eigenvalue weighted by Gasteiger charge is -1.96. The quantitative estimate of drug-likeness (QED) is 0.669. The van der Waals surface area contributed by atoms with E-state index in [0.717, 1.165) is 15.8 Å². The van der Waals surface area contributed by atoms with Gasteiger partial charge in [0.2, 0.25) is 0 Å². The zero-order chi connectivity index (χ0) is 12.7. The van der Waals surface area contributed by atoms with E-state index in [1.807, 2.05) is 23.6 Å². The third kappa shape index (κ3) is 1.67. The molecule has 0 N–H and O–H groups in total. The van der Waals surface area contributed by atoms with E-state index in [2.05, 4.69) is 0 Å². The van der Waals surface area contributed by atoms with E-state index >= 15 is 0 Å². The molecule has 1 heterocycles. The first-order valence-corrected chi connectivity index (χ1v) is 6.64. The van der Waals surface area contributed by atoms with E-state index in [0.29, 0.717) is 15.8 Å². The molecule has 4 heteroatoms. The Labute approximate surface area is 112 Å². The minimum Gasteiger partial charge on any atom is -0.495 e. The molecule has 1 aromatic heterocycles. The van der Waals surface area contributed by atoms with Crippen LogP contribution in [0, 0.1) is 0 Å². The fourth-order valence-electron chi connectivity index (χ4n) is 2.03. The van der Waals surface area contributed by atoms with Crippen molar-refractivity contribution >= 4 is 43.8 Å². The number of halogens is 1. The van der Waals surface area contributed by atoms with E-state index in [-0.39, 0.29) is 5.43 Å². The van der Waals surface area contributed by atoms with Crippen LogP contribution in [0.25, 0.3) is 20.9 Å². The molecule has 0 saturated carbocycles. The molecule has 0 unspecified atom stereocenters. The minimum atomic E-state index is -0.00736. The van der Waals surface area contributed by atoms with Gasteiger partial charge < -0.3 is 4.74 Å². The van der Waals surface area contributed by atoms with Crippen LogP contribution in [0.1, 0.15) is 0 Å². The van der Waals surface area contributed by atoms with Crippen LogP contribution in [0.4, 0.5) is 0 Å². The van der Waals surface area contributed by atoms with Gasteiger partial charge in [-0.15, -0.1) is 11.3 Å². The second-order valence-electron chi connectivity index (χ2n) is 3.94. The normalized spacial score (nSPS) is 11.0. The SMILES string of the molecule is COc1cc2ccc(Cl)cc2c(=O)c2ccsc12. The van der Waals surface area contributed by atoms with Gasteiger partial charge in [-0.25, -0.2) is 0 Å². The highest BCUT2D eigenvalue weighted by Crippen LogP contribution is 2.30. The van der Waals surface area contributed by atoms with Gasteiger partial charge in [0.25, 0.3) is 0 Å². The Bertz CT molecular complexity index is 808. The fourth-order valence-corrected chi connectivity index (χ4v) is 3.09. The molecule has 0 bridgehead atoms. The number of ether oxygens (including phenoxy) is 1. The summed E-state index contributed by atoms with van der Waals surface area (Å²) in [5, 5.41) is 4.59. The van der Waals surface area contributed by atoms with Crippen molar-refractivity contribution in [3.63, 3.8) is 0 Å². The van der Waals surface area contributed by atoms with Gasteiger partial charge in [0.1, 0.15) is 5.75 Å². The molecule has 0 fully saturated rings. The van der Waals surface area contributed by atoms with E-state index in [4.69, 9.17) is 16.3 Å². The summed E-state index contributed by atoms with van der Waals surface area (Å²) in [6.45, 7) is 0. The summed E-state index contributed by atoms with van der Waals surface area (Å²) in [7, 11) is 1.61. The van der Waals surface area contributed by atoms with E-state index in [9.17, 15) is 4.79 Å². The molecule has 2 nitrogen and oxygen atoms in total. The molecule has 0 aliphatic carbocycles. The molecular weight excluding hydrogens is 268 g/mol. The van der Waals surface area contributed by atoms with E-state index in [1.165, 1.54) is 11.3 Å². The minimum absolute atomic E-state index is 0.00736. The summed E-state index contributed by atoms with van der Waals surface area (Å²) in [4.78, 5) is 12.5. The van der Waals surface area contributed by atoms with Crippen LogP contribution < -0.4 is 10.2 Å². The molecule has 0 aliphatic heterocycles. The molecule has 18 heavy (non-hydrogen) atoms. The summed E-state index contributed by atoms with van der Waals surface area (Å²) >= 11 is 7.47. The van der Waals surface area contributed by atoms with Crippen molar-refractivity contribution < 1.29 is 4.74 Å². The molecular formula is C14H9ClO2S. The van der Waals surface area contributed by atoms with E-state index in [1.54, 1.807) is 19.2 Å². The first-order chi connectivity index (χ1) is 8.70. The Morgan fingerprint density at radius 3 is 2.78 bits per heavy atom. The Morgan fingerprint density at radius 1 is 1.17 bits per heavy atom. The van der Waals surface area contributed by atoms with Crippen molar-refractivity contribution in [1.29, 1.82) is 0 Å². The van der Waals surface area contributed by atoms with Crippen molar-refractivity contribution in [3.8, 4) is 5.75 Å². The van der Waals surface area contributed by atoms with Gasteiger partial charge >= 0.3 is 0 Å². The summed E-state index contributed by atoms with van der Waals surface area (Å²) in [5.41, 5.74) is -0.00736. The third-order valence-electron chi connectivity index (χ3n) is 2.90. The molecule has 0 radical (unpaired) electrons. The third-order valence-corrected chi connectivity index (χ3v) is 4.06. The number of benzene rings is 1. The van der Waals surface area contributed by atoms with Crippen LogP contribution in [0.15, 0.2) is 40.5 Å². The molecule has 3 rings (SSSR count). The highest BCUT2D eigenvalue weighted by molar-refractivity contribution is 7.17. The molecule has 0 amide bonds. The van der Waals surface area contributed by atoms with Crippen LogP contribution in [-0.2, 0) is 0 Å². The van der Waals surface area contributed by atoms with Gasteiger partial charge in [0.15, 0.2) is 5.43 Å². The average molecular weight is 277 g/mol. The van der Waals surface area contributed by atoms with E-state index < -0.39 is 0 Å². The second kappa shape index (κ2) is 4.26. The van der Waals surface area contributed by atoms with Crippen molar-refractivity contribution in [3.05, 3.63) is 51.0 Å². The smallest absolute Gasteiger partial charge is 0.195 e. The summed E-state index contributed by atoms with van der Waals surface area (Å²) in [6.07, 6.45) is 0.